The first-order chi connectivity index (χ1) is 7.61. The first-order valence-electron chi connectivity index (χ1n) is 5.63. The van der Waals surface area contributed by atoms with E-state index in [2.05, 4.69) is 0 Å². The average Bonchev–Trinajstić information content (AvgIpc) is 2.26. The molecule has 0 radical (unpaired) electrons. The van der Waals surface area contributed by atoms with Crippen LogP contribution in [0.3, 0.4) is 0 Å². The Bertz CT molecular complexity index is 184. The zero-order valence-electron chi connectivity index (χ0n) is 11.0. The smallest absolute Gasteiger partial charge is 0.222 e. The van der Waals surface area contributed by atoms with Crippen LogP contribution in [0.4, 0.5) is 0 Å². The van der Waals surface area contributed by atoms with E-state index in [1.807, 2.05) is 6.92 Å². The molecular formula is C11H25ClN2O3. The van der Waals surface area contributed by atoms with Crippen LogP contribution >= 0.6 is 12.4 Å². The van der Waals surface area contributed by atoms with Gasteiger partial charge in [-0.15, -0.1) is 12.4 Å². The fourth-order valence-corrected chi connectivity index (χ4v) is 1.27. The number of nitrogens with two attached hydrogens (primary N) is 1. The largest absolute Gasteiger partial charge is 0.383 e. The van der Waals surface area contributed by atoms with Gasteiger partial charge in [0.1, 0.15) is 0 Å². The fourth-order valence-electron chi connectivity index (χ4n) is 1.27. The standard InChI is InChI=1S/C11H24N2O3.ClH/c1-10(12)4-5-11(14)13(6-8-15-2)7-9-16-3;/h10H,4-9,12H2,1-3H3;1H. The molecule has 17 heavy (non-hydrogen) atoms. The monoisotopic (exact) mass is 268 g/mol. The molecule has 0 aromatic carbocycles. The van der Waals surface area contributed by atoms with Crippen molar-refractivity contribution in [2.45, 2.75) is 25.8 Å². The molecule has 2 N–H and O–H groups in total. The second kappa shape index (κ2) is 12.1. The molecule has 0 heterocycles. The van der Waals surface area contributed by atoms with Crippen LogP contribution < -0.4 is 5.73 Å². The predicted molar refractivity (Wildman–Crippen MR) is 70.5 cm³/mol. The second-order valence-electron chi connectivity index (χ2n) is 3.88. The van der Waals surface area contributed by atoms with Gasteiger partial charge in [-0.3, -0.25) is 4.79 Å². The van der Waals surface area contributed by atoms with E-state index in [-0.39, 0.29) is 24.4 Å². The highest BCUT2D eigenvalue weighted by atomic mass is 35.5. The molecule has 0 saturated carbocycles. The lowest BCUT2D eigenvalue weighted by molar-refractivity contribution is -0.132. The van der Waals surface area contributed by atoms with Crippen molar-refractivity contribution in [2.24, 2.45) is 5.73 Å². The summed E-state index contributed by atoms with van der Waals surface area (Å²) >= 11 is 0. The maximum absolute atomic E-state index is 11.8. The van der Waals surface area contributed by atoms with Gasteiger partial charge >= 0.3 is 0 Å². The van der Waals surface area contributed by atoms with Gasteiger partial charge in [-0.25, -0.2) is 0 Å². The number of amides is 1. The zero-order chi connectivity index (χ0) is 12.4. The maximum atomic E-state index is 11.8. The van der Waals surface area contributed by atoms with E-state index in [0.717, 1.165) is 6.42 Å². The summed E-state index contributed by atoms with van der Waals surface area (Å²) in [4.78, 5) is 13.6. The summed E-state index contributed by atoms with van der Waals surface area (Å²) in [7, 11) is 3.25. The molecule has 5 nitrogen and oxygen atoms in total. The van der Waals surface area contributed by atoms with Crippen LogP contribution in [0.5, 0.6) is 0 Å². The number of halogens is 1. The van der Waals surface area contributed by atoms with Gasteiger partial charge in [-0.1, -0.05) is 0 Å². The lowest BCUT2D eigenvalue weighted by atomic mass is 10.2. The summed E-state index contributed by atoms with van der Waals surface area (Å²) in [6, 6.07) is 0.0654. The van der Waals surface area contributed by atoms with E-state index in [0.29, 0.717) is 32.7 Å². The number of hydrogen-bond acceptors (Lipinski definition) is 4. The Balaban J connectivity index is 0. The quantitative estimate of drug-likeness (QED) is 0.667. The molecule has 1 unspecified atom stereocenters. The van der Waals surface area contributed by atoms with Crippen molar-refractivity contribution < 1.29 is 14.3 Å². The Kier molecular flexibility index (Phi) is 13.5. The number of ether oxygens (including phenoxy) is 2. The Morgan fingerprint density at radius 2 is 1.71 bits per heavy atom. The normalized spacial score (nSPS) is 11.8. The number of rotatable bonds is 9. The van der Waals surface area contributed by atoms with Crippen LogP contribution in [0, 0.1) is 0 Å². The molecular weight excluding hydrogens is 244 g/mol. The Hall–Kier alpha value is -0.360. The number of carbonyl (C=O) groups is 1. The van der Waals surface area contributed by atoms with Crippen molar-refractivity contribution in [1.29, 1.82) is 0 Å². The number of nitrogens with zero attached hydrogens (tertiary/aromatic N) is 1. The summed E-state index contributed by atoms with van der Waals surface area (Å²) in [5.41, 5.74) is 5.62. The molecule has 0 aromatic heterocycles. The Morgan fingerprint density at radius 1 is 1.24 bits per heavy atom. The molecule has 0 aliphatic carbocycles. The molecule has 0 saturated heterocycles. The van der Waals surface area contributed by atoms with Crippen LogP contribution in [0.25, 0.3) is 0 Å². The van der Waals surface area contributed by atoms with E-state index < -0.39 is 0 Å². The molecule has 0 aliphatic heterocycles. The minimum absolute atomic E-state index is 0. The Morgan fingerprint density at radius 3 is 2.06 bits per heavy atom. The molecule has 0 rings (SSSR count). The molecule has 0 spiro atoms. The van der Waals surface area contributed by atoms with Crippen LogP contribution in [-0.2, 0) is 14.3 Å². The van der Waals surface area contributed by atoms with Crippen molar-refractivity contribution in [3.8, 4) is 0 Å². The van der Waals surface area contributed by atoms with Gasteiger partial charge in [0.2, 0.25) is 5.91 Å². The van der Waals surface area contributed by atoms with Crippen LogP contribution in [0.15, 0.2) is 0 Å². The summed E-state index contributed by atoms with van der Waals surface area (Å²) < 4.78 is 9.94. The highest BCUT2D eigenvalue weighted by Gasteiger charge is 2.13. The van der Waals surface area contributed by atoms with Gasteiger partial charge < -0.3 is 20.1 Å². The Labute approximate surface area is 110 Å². The third kappa shape index (κ3) is 10.5. The third-order valence-electron chi connectivity index (χ3n) is 2.30. The topological polar surface area (TPSA) is 64.8 Å². The van der Waals surface area contributed by atoms with Crippen LogP contribution in [0.1, 0.15) is 19.8 Å². The van der Waals surface area contributed by atoms with Crippen molar-refractivity contribution in [1.82, 2.24) is 4.90 Å². The zero-order valence-corrected chi connectivity index (χ0v) is 11.8. The molecule has 104 valence electrons. The van der Waals surface area contributed by atoms with Crippen molar-refractivity contribution in [3.63, 3.8) is 0 Å². The minimum atomic E-state index is 0. The lowest BCUT2D eigenvalue weighted by Crippen LogP contribution is -2.37. The highest BCUT2D eigenvalue weighted by Crippen LogP contribution is 2.00. The first-order valence-corrected chi connectivity index (χ1v) is 5.63. The molecule has 0 aromatic rings. The average molecular weight is 269 g/mol. The van der Waals surface area contributed by atoms with Crippen molar-refractivity contribution >= 4 is 18.3 Å². The predicted octanol–water partition coefficient (Wildman–Crippen LogP) is 0.657. The van der Waals surface area contributed by atoms with E-state index in [9.17, 15) is 4.79 Å². The number of carbonyl (C=O) groups excluding carboxylic acids is 1. The summed E-state index contributed by atoms with van der Waals surface area (Å²) in [5, 5.41) is 0. The lowest BCUT2D eigenvalue weighted by Gasteiger charge is -2.22. The summed E-state index contributed by atoms with van der Waals surface area (Å²) in [6.45, 7) is 4.22. The fraction of sp³-hybridized carbons (Fsp3) is 0.909. The van der Waals surface area contributed by atoms with Gasteiger partial charge in [-0.2, -0.15) is 0 Å². The molecule has 1 atom stereocenters. The highest BCUT2D eigenvalue weighted by molar-refractivity contribution is 5.85. The van der Waals surface area contributed by atoms with Crippen molar-refractivity contribution in [2.75, 3.05) is 40.5 Å². The van der Waals surface area contributed by atoms with E-state index in [1.165, 1.54) is 0 Å². The number of hydrogen-bond donors (Lipinski definition) is 1. The van der Waals surface area contributed by atoms with Gasteiger partial charge in [0.05, 0.1) is 13.2 Å². The van der Waals surface area contributed by atoms with Gasteiger partial charge in [0, 0.05) is 39.8 Å². The van der Waals surface area contributed by atoms with E-state index in [4.69, 9.17) is 15.2 Å². The molecule has 6 heteroatoms. The summed E-state index contributed by atoms with van der Waals surface area (Å²) in [6.07, 6.45) is 1.21. The maximum Gasteiger partial charge on any atom is 0.222 e. The summed E-state index contributed by atoms with van der Waals surface area (Å²) in [5.74, 6) is 0.117. The second-order valence-corrected chi connectivity index (χ2v) is 3.88. The van der Waals surface area contributed by atoms with Gasteiger partial charge in [0.15, 0.2) is 0 Å². The molecule has 0 fully saturated rings. The van der Waals surface area contributed by atoms with E-state index >= 15 is 0 Å². The molecule has 0 aliphatic rings. The van der Waals surface area contributed by atoms with Gasteiger partial charge in [-0.05, 0) is 13.3 Å². The SMILES string of the molecule is COCCN(CCOC)C(=O)CCC(C)N.Cl. The molecule has 1 amide bonds. The van der Waals surface area contributed by atoms with Crippen LogP contribution in [0.2, 0.25) is 0 Å². The van der Waals surface area contributed by atoms with Crippen LogP contribution in [-0.4, -0.2) is 57.4 Å². The first kappa shape index (κ1) is 19.0. The van der Waals surface area contributed by atoms with Gasteiger partial charge in [0.25, 0.3) is 0 Å². The van der Waals surface area contributed by atoms with E-state index in [1.54, 1.807) is 19.1 Å². The third-order valence-corrected chi connectivity index (χ3v) is 2.30. The number of methoxy groups -OCH3 is 2. The molecule has 0 bridgehead atoms. The minimum Gasteiger partial charge on any atom is -0.383 e. The van der Waals surface area contributed by atoms with Crippen molar-refractivity contribution in [3.05, 3.63) is 0 Å².